The molecule has 0 heterocycles. The molecular weight excluding hydrogens is 550 g/mol. The maximum atomic E-state index is 14.0. The number of hydrogen-bond acceptors (Lipinski definition) is 5. The number of carbonyl (C=O) groups is 2. The standard InChI is InChI=1S/C30H36ClN3O5S/c1-5-28(30(36)32-6-2)33(20-23-10-8-9-22(4)19-23)29(35)21-34(25-13-15-26(16-14-25)39-7-3)40(37,38)27-17-11-24(31)12-18-27/h8-19,28H,5-7,20-21H2,1-4H3,(H,32,36)/t28-/m0/s1. The van der Waals surface area contributed by atoms with Crippen molar-refractivity contribution >= 4 is 39.1 Å². The number of nitrogens with zero attached hydrogens (tertiary/aromatic N) is 2. The third kappa shape index (κ3) is 7.76. The molecule has 0 fully saturated rings. The SMILES string of the molecule is CCNC(=O)[C@H](CC)N(Cc1cccc(C)c1)C(=O)CN(c1ccc(OCC)cc1)S(=O)(=O)c1ccc(Cl)cc1. The first-order valence-corrected chi connectivity index (χ1v) is 15.1. The number of benzene rings is 3. The van der Waals surface area contributed by atoms with E-state index in [0.717, 1.165) is 15.4 Å². The fourth-order valence-electron chi connectivity index (χ4n) is 4.36. The van der Waals surface area contributed by atoms with Crippen molar-refractivity contribution in [1.82, 2.24) is 10.2 Å². The zero-order chi connectivity index (χ0) is 29.3. The van der Waals surface area contributed by atoms with Crippen LogP contribution in [0.25, 0.3) is 0 Å². The number of anilines is 1. The van der Waals surface area contributed by atoms with Gasteiger partial charge in [0.05, 0.1) is 17.2 Å². The van der Waals surface area contributed by atoms with E-state index in [9.17, 15) is 18.0 Å². The molecule has 3 aromatic rings. The maximum absolute atomic E-state index is 14.0. The van der Waals surface area contributed by atoms with Gasteiger partial charge in [-0.25, -0.2) is 8.42 Å². The smallest absolute Gasteiger partial charge is 0.264 e. The number of hydrogen-bond donors (Lipinski definition) is 1. The molecule has 1 atom stereocenters. The number of carbonyl (C=O) groups excluding carboxylic acids is 2. The summed E-state index contributed by atoms with van der Waals surface area (Å²) in [5, 5.41) is 3.19. The average molecular weight is 586 g/mol. The Morgan fingerprint density at radius 2 is 1.65 bits per heavy atom. The van der Waals surface area contributed by atoms with Crippen LogP contribution in [0.5, 0.6) is 5.75 Å². The third-order valence-electron chi connectivity index (χ3n) is 6.29. The van der Waals surface area contributed by atoms with Gasteiger partial charge in [0.15, 0.2) is 0 Å². The molecule has 0 aliphatic carbocycles. The highest BCUT2D eigenvalue weighted by molar-refractivity contribution is 7.92. The van der Waals surface area contributed by atoms with Crippen LogP contribution in [0.4, 0.5) is 5.69 Å². The maximum Gasteiger partial charge on any atom is 0.264 e. The van der Waals surface area contributed by atoms with E-state index in [1.54, 1.807) is 24.3 Å². The molecule has 3 aromatic carbocycles. The summed E-state index contributed by atoms with van der Waals surface area (Å²) in [7, 11) is -4.18. The van der Waals surface area contributed by atoms with Gasteiger partial charge in [0.25, 0.3) is 10.0 Å². The van der Waals surface area contributed by atoms with Crippen molar-refractivity contribution in [3.05, 3.63) is 88.9 Å². The predicted molar refractivity (Wildman–Crippen MR) is 158 cm³/mol. The van der Waals surface area contributed by atoms with Crippen molar-refractivity contribution < 1.29 is 22.7 Å². The molecular formula is C30H36ClN3O5S. The molecule has 8 nitrogen and oxygen atoms in total. The van der Waals surface area contributed by atoms with E-state index in [2.05, 4.69) is 5.32 Å². The second-order valence-corrected chi connectivity index (χ2v) is 11.5. The minimum atomic E-state index is -4.18. The van der Waals surface area contributed by atoms with E-state index < -0.39 is 28.5 Å². The van der Waals surface area contributed by atoms with Crippen LogP contribution in [0.3, 0.4) is 0 Å². The van der Waals surface area contributed by atoms with Crippen LogP contribution < -0.4 is 14.4 Å². The van der Waals surface area contributed by atoms with Crippen molar-refractivity contribution in [1.29, 1.82) is 0 Å². The largest absolute Gasteiger partial charge is 0.494 e. The molecule has 0 aromatic heterocycles. The van der Waals surface area contributed by atoms with Crippen LogP contribution >= 0.6 is 11.6 Å². The first-order chi connectivity index (χ1) is 19.1. The third-order valence-corrected chi connectivity index (χ3v) is 8.33. The van der Waals surface area contributed by atoms with Gasteiger partial charge in [-0.1, -0.05) is 48.4 Å². The number of nitrogens with one attached hydrogen (secondary N) is 1. The van der Waals surface area contributed by atoms with Crippen LogP contribution in [0.15, 0.2) is 77.7 Å². The van der Waals surface area contributed by atoms with Crippen LogP contribution in [-0.2, 0) is 26.2 Å². The Labute approximate surface area is 241 Å². The van der Waals surface area contributed by atoms with Gasteiger partial charge in [-0.3, -0.25) is 13.9 Å². The van der Waals surface area contributed by atoms with E-state index in [1.165, 1.54) is 29.2 Å². The first-order valence-electron chi connectivity index (χ1n) is 13.2. The van der Waals surface area contributed by atoms with Crippen molar-refractivity contribution in [3.8, 4) is 5.75 Å². The van der Waals surface area contributed by atoms with Gasteiger partial charge in [0, 0.05) is 18.1 Å². The highest BCUT2D eigenvalue weighted by Gasteiger charge is 2.33. The average Bonchev–Trinajstić information content (AvgIpc) is 2.92. The van der Waals surface area contributed by atoms with Gasteiger partial charge < -0.3 is 15.0 Å². The van der Waals surface area contributed by atoms with E-state index in [-0.39, 0.29) is 23.0 Å². The molecule has 2 amide bonds. The lowest BCUT2D eigenvalue weighted by molar-refractivity contribution is -0.140. The molecule has 3 rings (SSSR count). The Kier molecular flexibility index (Phi) is 11.0. The number of sulfonamides is 1. The molecule has 1 N–H and O–H groups in total. The fourth-order valence-corrected chi connectivity index (χ4v) is 5.90. The second-order valence-electron chi connectivity index (χ2n) is 9.22. The molecule has 0 saturated carbocycles. The Balaban J connectivity index is 2.06. The summed E-state index contributed by atoms with van der Waals surface area (Å²) in [6, 6.07) is 19.1. The fraction of sp³-hybridized carbons (Fsp3) is 0.333. The molecule has 0 aliphatic rings. The Bertz CT molecular complexity index is 1400. The molecule has 0 spiro atoms. The lowest BCUT2D eigenvalue weighted by atomic mass is 10.1. The Morgan fingerprint density at radius 3 is 2.23 bits per heavy atom. The molecule has 0 saturated heterocycles. The Hall–Kier alpha value is -3.56. The number of aryl methyl sites for hydroxylation is 1. The minimum absolute atomic E-state index is 0.0143. The monoisotopic (exact) mass is 585 g/mol. The number of amides is 2. The molecule has 40 heavy (non-hydrogen) atoms. The number of rotatable bonds is 13. The summed E-state index contributed by atoms with van der Waals surface area (Å²) in [5.41, 5.74) is 2.13. The Morgan fingerprint density at radius 1 is 0.975 bits per heavy atom. The number of likely N-dealkylation sites (N-methyl/N-ethyl adjacent to an activating group) is 1. The molecule has 214 valence electrons. The van der Waals surface area contributed by atoms with Gasteiger partial charge in [-0.2, -0.15) is 0 Å². The summed E-state index contributed by atoms with van der Waals surface area (Å²) >= 11 is 6.00. The predicted octanol–water partition coefficient (Wildman–Crippen LogP) is 5.19. The quantitative estimate of drug-likeness (QED) is 0.298. The van der Waals surface area contributed by atoms with Crippen LogP contribution in [0, 0.1) is 6.92 Å². The van der Waals surface area contributed by atoms with E-state index >= 15 is 0 Å². The van der Waals surface area contributed by atoms with Gasteiger partial charge in [-0.05, 0) is 81.3 Å². The molecule has 0 bridgehead atoms. The van der Waals surface area contributed by atoms with Gasteiger partial charge in [0.1, 0.15) is 18.3 Å². The highest BCUT2D eigenvalue weighted by atomic mass is 35.5. The number of halogens is 1. The summed E-state index contributed by atoms with van der Waals surface area (Å²) < 4.78 is 34.4. The molecule has 0 radical (unpaired) electrons. The summed E-state index contributed by atoms with van der Waals surface area (Å²) in [6.07, 6.45) is 0.358. The lowest BCUT2D eigenvalue weighted by Gasteiger charge is -2.33. The summed E-state index contributed by atoms with van der Waals surface area (Å²) in [5.74, 6) is -0.227. The lowest BCUT2D eigenvalue weighted by Crippen LogP contribution is -2.52. The van der Waals surface area contributed by atoms with E-state index in [0.29, 0.717) is 30.3 Å². The second kappa shape index (κ2) is 14.2. The normalized spacial score (nSPS) is 11.9. The minimum Gasteiger partial charge on any atom is -0.494 e. The van der Waals surface area contributed by atoms with E-state index in [4.69, 9.17) is 16.3 Å². The zero-order valence-corrected chi connectivity index (χ0v) is 24.8. The summed E-state index contributed by atoms with van der Waals surface area (Å²) in [6.45, 7) is 7.93. The van der Waals surface area contributed by atoms with Crippen LogP contribution in [0.2, 0.25) is 5.02 Å². The van der Waals surface area contributed by atoms with Gasteiger partial charge in [-0.15, -0.1) is 0 Å². The van der Waals surface area contributed by atoms with Crippen molar-refractivity contribution in [2.45, 2.75) is 51.6 Å². The first kappa shape index (κ1) is 31.0. The molecule has 0 unspecified atom stereocenters. The van der Waals surface area contributed by atoms with Crippen LogP contribution in [-0.4, -0.2) is 50.9 Å². The van der Waals surface area contributed by atoms with Gasteiger partial charge >= 0.3 is 0 Å². The topological polar surface area (TPSA) is 96.0 Å². The zero-order valence-electron chi connectivity index (χ0n) is 23.3. The summed E-state index contributed by atoms with van der Waals surface area (Å²) in [4.78, 5) is 28.5. The highest BCUT2D eigenvalue weighted by Crippen LogP contribution is 2.27. The molecule has 10 heteroatoms. The van der Waals surface area contributed by atoms with Crippen molar-refractivity contribution in [2.75, 3.05) is 24.0 Å². The number of ether oxygens (including phenoxy) is 1. The molecule has 0 aliphatic heterocycles. The van der Waals surface area contributed by atoms with Crippen molar-refractivity contribution in [3.63, 3.8) is 0 Å². The van der Waals surface area contributed by atoms with Crippen molar-refractivity contribution in [2.24, 2.45) is 0 Å². The van der Waals surface area contributed by atoms with Gasteiger partial charge in [0.2, 0.25) is 11.8 Å². The van der Waals surface area contributed by atoms with E-state index in [1.807, 2.05) is 52.0 Å². The van der Waals surface area contributed by atoms with Crippen LogP contribution in [0.1, 0.15) is 38.3 Å².